The maximum absolute atomic E-state index is 12.1. The summed E-state index contributed by atoms with van der Waals surface area (Å²) in [5.74, 6) is -0.186. The molecule has 0 radical (unpaired) electrons. The van der Waals surface area contributed by atoms with Crippen molar-refractivity contribution in [2.45, 2.75) is 25.1 Å². The van der Waals surface area contributed by atoms with Gasteiger partial charge in [0.15, 0.2) is 0 Å². The van der Waals surface area contributed by atoms with E-state index in [-0.39, 0.29) is 23.8 Å². The molecule has 1 aromatic rings. The van der Waals surface area contributed by atoms with Crippen molar-refractivity contribution in [3.05, 3.63) is 28.0 Å². The van der Waals surface area contributed by atoms with Crippen LogP contribution in [0.25, 0.3) is 0 Å². The molecule has 18 heavy (non-hydrogen) atoms. The molecule has 0 fully saturated rings. The first-order valence-electron chi connectivity index (χ1n) is 5.57. The van der Waals surface area contributed by atoms with Gasteiger partial charge in [0.2, 0.25) is 0 Å². The quantitative estimate of drug-likeness (QED) is 0.809. The molecule has 4 nitrogen and oxygen atoms in total. The van der Waals surface area contributed by atoms with Crippen molar-refractivity contribution in [1.82, 2.24) is 10.3 Å². The number of aliphatic hydroxyl groups excluding tert-OH is 1. The van der Waals surface area contributed by atoms with Gasteiger partial charge < -0.3 is 10.4 Å². The standard InChI is InChI=1S/C12H17BrN2O2S/c1-7-4-5-9(11(13)14-7)12(17)15-8(2)10(6-16)18-3/h4-5,8,10,16H,6H2,1-3H3,(H,15,17). The van der Waals surface area contributed by atoms with Crippen molar-refractivity contribution in [3.8, 4) is 0 Å². The van der Waals surface area contributed by atoms with Gasteiger partial charge in [-0.1, -0.05) is 0 Å². The SMILES string of the molecule is CSC(CO)C(C)NC(=O)c1ccc(C)nc1Br. The summed E-state index contributed by atoms with van der Waals surface area (Å²) in [6.07, 6.45) is 1.91. The Kier molecular flexibility index (Phi) is 6.11. The van der Waals surface area contributed by atoms with E-state index in [1.165, 1.54) is 11.8 Å². The molecule has 0 spiro atoms. The lowest BCUT2D eigenvalue weighted by Crippen LogP contribution is -2.41. The van der Waals surface area contributed by atoms with Crippen LogP contribution >= 0.6 is 27.7 Å². The first kappa shape index (κ1) is 15.5. The van der Waals surface area contributed by atoms with Gasteiger partial charge >= 0.3 is 0 Å². The molecule has 0 aliphatic rings. The minimum Gasteiger partial charge on any atom is -0.395 e. The zero-order chi connectivity index (χ0) is 13.7. The van der Waals surface area contributed by atoms with Crippen molar-refractivity contribution in [2.75, 3.05) is 12.9 Å². The molecule has 2 N–H and O–H groups in total. The smallest absolute Gasteiger partial charge is 0.254 e. The van der Waals surface area contributed by atoms with Crippen LogP contribution in [0.1, 0.15) is 23.0 Å². The van der Waals surface area contributed by atoms with Crippen molar-refractivity contribution in [3.63, 3.8) is 0 Å². The average Bonchev–Trinajstić information content (AvgIpc) is 2.30. The molecular weight excluding hydrogens is 316 g/mol. The Labute approximate surface area is 120 Å². The molecule has 1 aromatic heterocycles. The molecule has 1 amide bonds. The van der Waals surface area contributed by atoms with E-state index in [2.05, 4.69) is 26.2 Å². The minimum atomic E-state index is -0.186. The fourth-order valence-corrected chi connectivity index (χ4v) is 2.73. The summed E-state index contributed by atoms with van der Waals surface area (Å²) in [7, 11) is 0. The van der Waals surface area contributed by atoms with E-state index < -0.39 is 0 Å². The number of rotatable bonds is 5. The Balaban J connectivity index is 2.76. The van der Waals surface area contributed by atoms with Gasteiger partial charge in [0.25, 0.3) is 5.91 Å². The van der Waals surface area contributed by atoms with Crippen LogP contribution in [0.2, 0.25) is 0 Å². The van der Waals surface area contributed by atoms with Crippen LogP contribution in [0, 0.1) is 6.92 Å². The topological polar surface area (TPSA) is 62.2 Å². The average molecular weight is 333 g/mol. The summed E-state index contributed by atoms with van der Waals surface area (Å²) < 4.78 is 0.539. The van der Waals surface area contributed by atoms with Gasteiger partial charge in [0.05, 0.1) is 12.2 Å². The van der Waals surface area contributed by atoms with E-state index in [9.17, 15) is 9.90 Å². The van der Waals surface area contributed by atoms with Gasteiger partial charge in [0, 0.05) is 17.0 Å². The number of amides is 1. The maximum Gasteiger partial charge on any atom is 0.254 e. The Morgan fingerprint density at radius 2 is 2.28 bits per heavy atom. The fourth-order valence-electron chi connectivity index (χ4n) is 1.51. The largest absolute Gasteiger partial charge is 0.395 e. The summed E-state index contributed by atoms with van der Waals surface area (Å²) in [6, 6.07) is 3.43. The van der Waals surface area contributed by atoms with Crippen molar-refractivity contribution >= 4 is 33.6 Å². The van der Waals surface area contributed by atoms with Crippen LogP contribution in [-0.4, -0.2) is 40.2 Å². The van der Waals surface area contributed by atoms with Crippen molar-refractivity contribution < 1.29 is 9.90 Å². The number of carbonyl (C=O) groups excluding carboxylic acids is 1. The van der Waals surface area contributed by atoms with Crippen LogP contribution in [0.5, 0.6) is 0 Å². The van der Waals surface area contributed by atoms with Crippen molar-refractivity contribution in [1.29, 1.82) is 0 Å². The normalized spacial score (nSPS) is 14.1. The summed E-state index contributed by atoms with van der Waals surface area (Å²) in [4.78, 5) is 16.2. The number of halogens is 1. The van der Waals surface area contributed by atoms with E-state index >= 15 is 0 Å². The van der Waals surface area contributed by atoms with E-state index in [0.717, 1.165) is 5.69 Å². The Hall–Kier alpha value is -0.590. The van der Waals surface area contributed by atoms with E-state index in [4.69, 9.17) is 0 Å². The molecule has 2 atom stereocenters. The minimum absolute atomic E-state index is 0.00821. The second kappa shape index (κ2) is 7.11. The number of aliphatic hydroxyl groups is 1. The number of hydrogen-bond donors (Lipinski definition) is 2. The predicted molar refractivity (Wildman–Crippen MR) is 78.0 cm³/mol. The highest BCUT2D eigenvalue weighted by Crippen LogP contribution is 2.16. The highest BCUT2D eigenvalue weighted by molar-refractivity contribution is 9.10. The number of aromatic nitrogens is 1. The lowest BCUT2D eigenvalue weighted by Gasteiger charge is -2.21. The summed E-state index contributed by atoms with van der Waals surface area (Å²) >= 11 is 4.81. The third-order valence-corrected chi connectivity index (χ3v) is 4.40. The Morgan fingerprint density at radius 1 is 1.61 bits per heavy atom. The van der Waals surface area contributed by atoms with E-state index in [1.54, 1.807) is 12.1 Å². The van der Waals surface area contributed by atoms with E-state index in [1.807, 2.05) is 20.1 Å². The lowest BCUT2D eigenvalue weighted by atomic mass is 10.2. The summed E-state index contributed by atoms with van der Waals surface area (Å²) in [5.41, 5.74) is 1.36. The second-order valence-corrected chi connectivity index (χ2v) is 5.84. The first-order valence-corrected chi connectivity index (χ1v) is 7.65. The monoisotopic (exact) mass is 332 g/mol. The second-order valence-electron chi connectivity index (χ2n) is 4.01. The van der Waals surface area contributed by atoms with Gasteiger partial charge in [0.1, 0.15) is 4.60 Å². The van der Waals surface area contributed by atoms with Crippen LogP contribution in [0.4, 0.5) is 0 Å². The van der Waals surface area contributed by atoms with Crippen LogP contribution in [0.15, 0.2) is 16.7 Å². The zero-order valence-corrected chi connectivity index (χ0v) is 13.0. The summed E-state index contributed by atoms with van der Waals surface area (Å²) in [6.45, 7) is 3.78. The van der Waals surface area contributed by atoms with Gasteiger partial charge in [-0.25, -0.2) is 4.98 Å². The van der Waals surface area contributed by atoms with E-state index in [0.29, 0.717) is 10.2 Å². The third kappa shape index (κ3) is 3.96. The van der Waals surface area contributed by atoms with Crippen LogP contribution in [0.3, 0.4) is 0 Å². The van der Waals surface area contributed by atoms with Crippen LogP contribution in [-0.2, 0) is 0 Å². The molecule has 6 heteroatoms. The number of aryl methyl sites for hydroxylation is 1. The maximum atomic E-state index is 12.1. The molecular formula is C12H17BrN2O2S. The molecule has 0 bridgehead atoms. The fraction of sp³-hybridized carbons (Fsp3) is 0.500. The first-order chi connectivity index (χ1) is 8.49. The van der Waals surface area contributed by atoms with Crippen LogP contribution < -0.4 is 5.32 Å². The van der Waals surface area contributed by atoms with Gasteiger partial charge in [-0.2, -0.15) is 11.8 Å². The van der Waals surface area contributed by atoms with Gasteiger partial charge in [-0.05, 0) is 48.2 Å². The molecule has 0 aromatic carbocycles. The van der Waals surface area contributed by atoms with Gasteiger partial charge in [-0.3, -0.25) is 4.79 Å². The number of thioether (sulfide) groups is 1. The van der Waals surface area contributed by atoms with Gasteiger partial charge in [-0.15, -0.1) is 0 Å². The number of pyridine rings is 1. The Morgan fingerprint density at radius 3 is 2.78 bits per heavy atom. The lowest BCUT2D eigenvalue weighted by molar-refractivity contribution is 0.0934. The van der Waals surface area contributed by atoms with Crippen molar-refractivity contribution in [2.24, 2.45) is 0 Å². The molecule has 1 heterocycles. The third-order valence-electron chi connectivity index (χ3n) is 2.63. The summed E-state index contributed by atoms with van der Waals surface area (Å²) in [5, 5.41) is 12.0. The molecule has 100 valence electrons. The molecule has 0 saturated heterocycles. The molecule has 0 aliphatic heterocycles. The highest BCUT2D eigenvalue weighted by Gasteiger charge is 2.19. The predicted octanol–water partition coefficient (Wildman–Crippen LogP) is 1.99. The zero-order valence-electron chi connectivity index (χ0n) is 10.6. The number of nitrogens with zero attached hydrogens (tertiary/aromatic N) is 1. The number of nitrogens with one attached hydrogen (secondary N) is 1. The molecule has 0 aliphatic carbocycles. The highest BCUT2D eigenvalue weighted by atomic mass is 79.9. The number of carbonyl (C=O) groups is 1. The Bertz CT molecular complexity index is 425. The number of hydrogen-bond acceptors (Lipinski definition) is 4. The molecule has 0 saturated carbocycles. The molecule has 1 rings (SSSR count). The molecule has 2 unspecified atom stereocenters.